The lowest BCUT2D eigenvalue weighted by Gasteiger charge is -2.12. The van der Waals surface area contributed by atoms with Crippen LogP contribution in [-0.4, -0.2) is 36.6 Å². The van der Waals surface area contributed by atoms with Crippen LogP contribution in [0.3, 0.4) is 0 Å². The van der Waals surface area contributed by atoms with Crippen molar-refractivity contribution < 1.29 is 14.3 Å². The number of nitrogens with zero attached hydrogens (tertiary/aromatic N) is 2. The van der Waals surface area contributed by atoms with Crippen LogP contribution in [-0.2, 0) is 6.42 Å². The van der Waals surface area contributed by atoms with Crippen molar-refractivity contribution in [2.24, 2.45) is 0 Å². The maximum Gasteiger partial charge on any atom is 0.252 e. The predicted octanol–water partition coefficient (Wildman–Crippen LogP) is 4.29. The minimum absolute atomic E-state index is 0.142. The van der Waals surface area contributed by atoms with Crippen LogP contribution in [0, 0.1) is 0 Å². The van der Waals surface area contributed by atoms with Crippen molar-refractivity contribution in [3.8, 4) is 22.8 Å². The molecule has 6 nitrogen and oxygen atoms in total. The van der Waals surface area contributed by atoms with E-state index in [1.54, 1.807) is 20.4 Å². The molecule has 0 saturated carbocycles. The van der Waals surface area contributed by atoms with Gasteiger partial charge in [-0.25, -0.2) is 4.98 Å². The first-order chi connectivity index (χ1) is 15.2. The number of hydrogen-bond donors (Lipinski definition) is 1. The number of benzene rings is 2. The van der Waals surface area contributed by atoms with Gasteiger partial charge in [0.05, 0.1) is 31.0 Å². The van der Waals surface area contributed by atoms with E-state index in [1.165, 1.54) is 0 Å². The zero-order valence-electron chi connectivity index (χ0n) is 17.5. The molecule has 0 bridgehead atoms. The summed E-state index contributed by atoms with van der Waals surface area (Å²) in [5.41, 5.74) is 3.80. The summed E-state index contributed by atoms with van der Waals surface area (Å²) >= 11 is 0. The van der Waals surface area contributed by atoms with Crippen LogP contribution in [0.1, 0.15) is 16.1 Å². The topological polar surface area (TPSA) is 73.3 Å². The van der Waals surface area contributed by atoms with Gasteiger partial charge in [-0.15, -0.1) is 0 Å². The van der Waals surface area contributed by atoms with Crippen molar-refractivity contribution in [3.63, 3.8) is 0 Å². The molecule has 2 aromatic heterocycles. The Morgan fingerprint density at radius 2 is 1.74 bits per heavy atom. The van der Waals surface area contributed by atoms with Crippen LogP contribution < -0.4 is 14.8 Å². The first kappa shape index (κ1) is 20.3. The summed E-state index contributed by atoms with van der Waals surface area (Å²) in [6.07, 6.45) is 2.42. The number of hydrogen-bond acceptors (Lipinski definition) is 5. The number of para-hydroxylation sites is 1. The van der Waals surface area contributed by atoms with Gasteiger partial charge in [-0.1, -0.05) is 24.3 Å². The molecule has 0 aliphatic carbocycles. The molecule has 0 atom stereocenters. The molecule has 2 heterocycles. The SMILES string of the molecule is COc1ccc(-c2cc(C(=O)NCCc3ccccn3)c3ccccc3n2)cc1OC. The summed E-state index contributed by atoms with van der Waals surface area (Å²) in [4.78, 5) is 22.1. The van der Waals surface area contributed by atoms with Crippen molar-refractivity contribution in [2.45, 2.75) is 6.42 Å². The summed E-state index contributed by atoms with van der Waals surface area (Å²) in [6, 6.07) is 20.8. The normalized spacial score (nSPS) is 10.6. The van der Waals surface area contributed by atoms with Crippen LogP contribution in [0.5, 0.6) is 11.5 Å². The largest absolute Gasteiger partial charge is 0.493 e. The lowest BCUT2D eigenvalue weighted by molar-refractivity contribution is 0.0955. The Labute approximate surface area is 180 Å². The van der Waals surface area contributed by atoms with Gasteiger partial charge >= 0.3 is 0 Å². The van der Waals surface area contributed by atoms with Crippen molar-refractivity contribution >= 4 is 16.8 Å². The van der Waals surface area contributed by atoms with Gasteiger partial charge in [0.15, 0.2) is 11.5 Å². The number of carbonyl (C=O) groups is 1. The van der Waals surface area contributed by atoms with E-state index in [1.807, 2.05) is 66.7 Å². The summed E-state index contributed by atoms with van der Waals surface area (Å²) in [7, 11) is 3.19. The molecule has 4 aromatic rings. The molecule has 0 unspecified atom stereocenters. The van der Waals surface area contributed by atoms with Gasteiger partial charge < -0.3 is 14.8 Å². The van der Waals surface area contributed by atoms with Crippen LogP contribution in [0.15, 0.2) is 72.9 Å². The Kier molecular flexibility index (Phi) is 6.08. The van der Waals surface area contributed by atoms with Gasteiger partial charge in [0.25, 0.3) is 5.91 Å². The molecule has 6 heteroatoms. The lowest BCUT2D eigenvalue weighted by atomic mass is 10.0. The number of amides is 1. The van der Waals surface area contributed by atoms with Gasteiger partial charge in [0.1, 0.15) is 0 Å². The Bertz CT molecular complexity index is 1210. The van der Waals surface area contributed by atoms with Gasteiger partial charge in [-0.3, -0.25) is 9.78 Å². The molecule has 0 aliphatic heterocycles. The first-order valence-corrected chi connectivity index (χ1v) is 10.00. The van der Waals surface area contributed by atoms with Crippen molar-refractivity contribution in [1.29, 1.82) is 0 Å². The van der Waals surface area contributed by atoms with Crippen LogP contribution in [0.25, 0.3) is 22.2 Å². The molecular formula is C25H23N3O3. The van der Waals surface area contributed by atoms with E-state index in [9.17, 15) is 4.79 Å². The van der Waals surface area contributed by atoms with Gasteiger partial charge in [0, 0.05) is 35.8 Å². The number of methoxy groups -OCH3 is 2. The third kappa shape index (κ3) is 4.48. The van der Waals surface area contributed by atoms with E-state index in [2.05, 4.69) is 10.3 Å². The van der Waals surface area contributed by atoms with Gasteiger partial charge in [0.2, 0.25) is 0 Å². The third-order valence-corrected chi connectivity index (χ3v) is 5.03. The summed E-state index contributed by atoms with van der Waals surface area (Å²) in [5.74, 6) is 1.10. The summed E-state index contributed by atoms with van der Waals surface area (Å²) in [5, 5.41) is 3.82. The highest BCUT2D eigenvalue weighted by Gasteiger charge is 2.15. The molecule has 156 valence electrons. The highest BCUT2D eigenvalue weighted by atomic mass is 16.5. The fourth-order valence-electron chi connectivity index (χ4n) is 3.45. The second-order valence-corrected chi connectivity index (χ2v) is 6.97. The van der Waals surface area contributed by atoms with Gasteiger partial charge in [-0.05, 0) is 42.5 Å². The fourth-order valence-corrected chi connectivity index (χ4v) is 3.45. The van der Waals surface area contributed by atoms with E-state index in [-0.39, 0.29) is 5.91 Å². The number of carbonyl (C=O) groups excluding carboxylic acids is 1. The van der Waals surface area contributed by atoms with E-state index >= 15 is 0 Å². The quantitative estimate of drug-likeness (QED) is 0.489. The molecule has 1 N–H and O–H groups in total. The maximum absolute atomic E-state index is 13.1. The van der Waals surface area contributed by atoms with Crippen LogP contribution >= 0.6 is 0 Å². The van der Waals surface area contributed by atoms with Crippen molar-refractivity contribution in [2.75, 3.05) is 20.8 Å². The zero-order valence-corrected chi connectivity index (χ0v) is 17.5. The average Bonchev–Trinajstić information content (AvgIpc) is 2.83. The predicted molar refractivity (Wildman–Crippen MR) is 121 cm³/mol. The first-order valence-electron chi connectivity index (χ1n) is 10.00. The molecule has 0 saturated heterocycles. The molecule has 4 rings (SSSR count). The average molecular weight is 413 g/mol. The summed E-state index contributed by atoms with van der Waals surface area (Å²) in [6.45, 7) is 0.498. The number of pyridine rings is 2. The second-order valence-electron chi connectivity index (χ2n) is 6.97. The Balaban J connectivity index is 1.66. The van der Waals surface area contributed by atoms with Crippen molar-refractivity contribution in [1.82, 2.24) is 15.3 Å². The number of ether oxygens (including phenoxy) is 2. The molecule has 2 aromatic carbocycles. The van der Waals surface area contributed by atoms with Crippen LogP contribution in [0.2, 0.25) is 0 Å². The van der Waals surface area contributed by atoms with Gasteiger partial charge in [-0.2, -0.15) is 0 Å². The Morgan fingerprint density at radius 1 is 0.935 bits per heavy atom. The van der Waals surface area contributed by atoms with E-state index in [0.29, 0.717) is 35.7 Å². The molecule has 0 radical (unpaired) electrons. The zero-order chi connectivity index (χ0) is 21.6. The molecule has 0 fully saturated rings. The minimum atomic E-state index is -0.142. The molecule has 31 heavy (non-hydrogen) atoms. The van der Waals surface area contributed by atoms with E-state index in [4.69, 9.17) is 14.5 Å². The monoisotopic (exact) mass is 413 g/mol. The van der Waals surface area contributed by atoms with Crippen molar-refractivity contribution in [3.05, 3.63) is 84.2 Å². The lowest BCUT2D eigenvalue weighted by Crippen LogP contribution is -2.26. The highest BCUT2D eigenvalue weighted by Crippen LogP contribution is 2.33. The number of rotatable bonds is 7. The van der Waals surface area contributed by atoms with E-state index < -0.39 is 0 Å². The maximum atomic E-state index is 13.1. The molecular weight excluding hydrogens is 390 g/mol. The molecule has 0 aliphatic rings. The standard InChI is InChI=1S/C25H23N3O3/c1-30-23-11-10-17(15-24(23)31-2)22-16-20(19-8-3-4-9-21(19)28-22)25(29)27-14-12-18-7-5-6-13-26-18/h3-11,13,15-16H,12,14H2,1-2H3,(H,27,29). The minimum Gasteiger partial charge on any atom is -0.493 e. The fraction of sp³-hybridized carbons (Fsp3) is 0.160. The summed E-state index contributed by atoms with van der Waals surface area (Å²) < 4.78 is 10.7. The Morgan fingerprint density at radius 3 is 2.52 bits per heavy atom. The highest BCUT2D eigenvalue weighted by molar-refractivity contribution is 6.07. The van der Waals surface area contributed by atoms with E-state index in [0.717, 1.165) is 22.2 Å². The Hall–Kier alpha value is -3.93. The second kappa shape index (κ2) is 9.26. The van der Waals surface area contributed by atoms with Crippen LogP contribution in [0.4, 0.5) is 0 Å². The molecule has 1 amide bonds. The smallest absolute Gasteiger partial charge is 0.252 e. The third-order valence-electron chi connectivity index (χ3n) is 5.03. The molecule has 0 spiro atoms. The number of fused-ring (bicyclic) bond motifs is 1. The number of aromatic nitrogens is 2. The number of nitrogens with one attached hydrogen (secondary N) is 1.